The van der Waals surface area contributed by atoms with Gasteiger partial charge in [-0.1, -0.05) is 30.3 Å². The lowest BCUT2D eigenvalue weighted by molar-refractivity contribution is -0.137. The topological polar surface area (TPSA) is 23.5 Å². The number of aliphatic hydroxyl groups is 1. The van der Waals surface area contributed by atoms with Gasteiger partial charge in [0.15, 0.2) is 0 Å². The molecular weight excluding hydrogens is 303 g/mol. The van der Waals surface area contributed by atoms with Crippen molar-refractivity contribution in [3.05, 3.63) is 64.7 Å². The average Bonchev–Trinajstić information content (AvgIpc) is 2.83. The summed E-state index contributed by atoms with van der Waals surface area (Å²) in [7, 11) is 1.66. The summed E-state index contributed by atoms with van der Waals surface area (Å²) in [6.45, 7) is 1.77. The van der Waals surface area contributed by atoms with Gasteiger partial charge in [0, 0.05) is 19.2 Å². The maximum Gasteiger partial charge on any atom is 0.418 e. The molecule has 0 amide bonds. The van der Waals surface area contributed by atoms with Crippen LogP contribution in [0.3, 0.4) is 0 Å². The standard InChI is InChI=1S/C18H18F3NO/c1-11-7-8-14(18(19,20)21)16(9-11)22(2)15-10-17(23)13-6-4-3-5-12(13)15/h3-9,15,17,23H,10H2,1-2H3. The van der Waals surface area contributed by atoms with Gasteiger partial charge in [-0.05, 0) is 35.7 Å². The molecule has 2 nitrogen and oxygen atoms in total. The first kappa shape index (κ1) is 15.9. The van der Waals surface area contributed by atoms with Crippen LogP contribution in [0.1, 0.15) is 40.8 Å². The highest BCUT2D eigenvalue weighted by Crippen LogP contribution is 2.45. The van der Waals surface area contributed by atoms with E-state index in [-0.39, 0.29) is 11.7 Å². The van der Waals surface area contributed by atoms with Gasteiger partial charge in [0.25, 0.3) is 0 Å². The summed E-state index contributed by atoms with van der Waals surface area (Å²) in [6, 6.07) is 11.2. The summed E-state index contributed by atoms with van der Waals surface area (Å²) in [4.78, 5) is 1.63. The number of nitrogens with zero attached hydrogens (tertiary/aromatic N) is 1. The number of rotatable bonds is 2. The monoisotopic (exact) mass is 321 g/mol. The molecule has 0 bridgehead atoms. The fourth-order valence-corrected chi connectivity index (χ4v) is 3.29. The van der Waals surface area contributed by atoms with Crippen LogP contribution >= 0.6 is 0 Å². The molecule has 0 heterocycles. The number of aryl methyl sites for hydroxylation is 1. The first-order chi connectivity index (χ1) is 10.8. The van der Waals surface area contributed by atoms with Crippen LogP contribution in [0.15, 0.2) is 42.5 Å². The molecule has 2 unspecified atom stereocenters. The van der Waals surface area contributed by atoms with Crippen molar-refractivity contribution in [1.29, 1.82) is 0 Å². The zero-order valence-electron chi connectivity index (χ0n) is 12.9. The second-order valence-electron chi connectivity index (χ2n) is 6.03. The minimum atomic E-state index is -4.41. The molecule has 0 saturated carbocycles. The number of anilines is 1. The van der Waals surface area contributed by atoms with Crippen molar-refractivity contribution in [3.8, 4) is 0 Å². The highest BCUT2D eigenvalue weighted by atomic mass is 19.4. The molecule has 122 valence electrons. The second kappa shape index (κ2) is 5.57. The molecule has 1 aliphatic carbocycles. The van der Waals surface area contributed by atoms with E-state index in [1.807, 2.05) is 24.3 Å². The quantitative estimate of drug-likeness (QED) is 0.872. The summed E-state index contributed by atoms with van der Waals surface area (Å²) >= 11 is 0. The molecule has 0 radical (unpaired) electrons. The van der Waals surface area contributed by atoms with Crippen LogP contribution in [0.25, 0.3) is 0 Å². The van der Waals surface area contributed by atoms with Crippen LogP contribution in [-0.4, -0.2) is 12.2 Å². The smallest absolute Gasteiger partial charge is 0.388 e. The van der Waals surface area contributed by atoms with Crippen LogP contribution in [0.2, 0.25) is 0 Å². The predicted molar refractivity (Wildman–Crippen MR) is 83.3 cm³/mol. The Labute approximate surface area is 133 Å². The zero-order valence-corrected chi connectivity index (χ0v) is 12.9. The highest BCUT2D eigenvalue weighted by Gasteiger charge is 2.38. The molecule has 1 N–H and O–H groups in total. The van der Waals surface area contributed by atoms with E-state index in [0.717, 1.165) is 22.8 Å². The molecule has 0 fully saturated rings. The van der Waals surface area contributed by atoms with Gasteiger partial charge in [-0.25, -0.2) is 0 Å². The van der Waals surface area contributed by atoms with Crippen molar-refractivity contribution in [1.82, 2.24) is 0 Å². The first-order valence-electron chi connectivity index (χ1n) is 7.46. The molecule has 0 spiro atoms. The third-order valence-electron chi connectivity index (χ3n) is 4.47. The Hall–Kier alpha value is -2.01. The Bertz CT molecular complexity index is 726. The van der Waals surface area contributed by atoms with Crippen molar-refractivity contribution in [3.63, 3.8) is 0 Å². The molecular formula is C18H18F3NO. The van der Waals surface area contributed by atoms with E-state index >= 15 is 0 Å². The number of hydrogen-bond acceptors (Lipinski definition) is 2. The van der Waals surface area contributed by atoms with Gasteiger partial charge < -0.3 is 10.0 Å². The fourth-order valence-electron chi connectivity index (χ4n) is 3.29. The normalized spacial score (nSPS) is 20.4. The Morgan fingerprint density at radius 1 is 1.09 bits per heavy atom. The number of halogens is 3. The lowest BCUT2D eigenvalue weighted by Crippen LogP contribution is -2.25. The summed E-state index contributed by atoms with van der Waals surface area (Å²) in [5.74, 6) is 0. The van der Waals surface area contributed by atoms with Gasteiger partial charge in [0.1, 0.15) is 0 Å². The largest absolute Gasteiger partial charge is 0.418 e. The van der Waals surface area contributed by atoms with Crippen LogP contribution in [0.5, 0.6) is 0 Å². The van der Waals surface area contributed by atoms with Crippen LogP contribution in [-0.2, 0) is 6.18 Å². The lowest BCUT2D eigenvalue weighted by Gasteiger charge is -2.30. The summed E-state index contributed by atoms with van der Waals surface area (Å²) in [6.07, 6.45) is -4.66. The molecule has 3 rings (SSSR count). The van der Waals surface area contributed by atoms with Gasteiger partial charge in [-0.3, -0.25) is 0 Å². The van der Waals surface area contributed by atoms with Crippen LogP contribution < -0.4 is 4.90 Å². The van der Waals surface area contributed by atoms with Crippen molar-refractivity contribution in [2.75, 3.05) is 11.9 Å². The van der Waals surface area contributed by atoms with E-state index in [9.17, 15) is 18.3 Å². The van der Waals surface area contributed by atoms with Gasteiger partial charge in [-0.15, -0.1) is 0 Å². The van der Waals surface area contributed by atoms with E-state index in [2.05, 4.69) is 0 Å². The van der Waals surface area contributed by atoms with Crippen LogP contribution in [0.4, 0.5) is 18.9 Å². The molecule has 0 aliphatic heterocycles. The Balaban J connectivity index is 2.05. The molecule has 5 heteroatoms. The van der Waals surface area contributed by atoms with Crippen molar-refractivity contribution < 1.29 is 18.3 Å². The molecule has 2 aromatic carbocycles. The van der Waals surface area contributed by atoms with E-state index in [1.54, 1.807) is 24.9 Å². The van der Waals surface area contributed by atoms with E-state index in [4.69, 9.17) is 0 Å². The fraction of sp³-hybridized carbons (Fsp3) is 0.333. The summed E-state index contributed by atoms with van der Waals surface area (Å²) in [5.41, 5.74) is 1.95. The molecule has 23 heavy (non-hydrogen) atoms. The van der Waals surface area contributed by atoms with Crippen molar-refractivity contribution >= 4 is 5.69 Å². The molecule has 0 aromatic heterocycles. The summed E-state index contributed by atoms with van der Waals surface area (Å²) < 4.78 is 40.0. The van der Waals surface area contributed by atoms with Crippen molar-refractivity contribution in [2.24, 2.45) is 0 Å². The van der Waals surface area contributed by atoms with E-state index in [0.29, 0.717) is 6.42 Å². The minimum Gasteiger partial charge on any atom is -0.388 e. The predicted octanol–water partition coefficient (Wildman–Crippen LogP) is 4.63. The van der Waals surface area contributed by atoms with Crippen LogP contribution in [0, 0.1) is 6.92 Å². The van der Waals surface area contributed by atoms with Gasteiger partial charge in [-0.2, -0.15) is 13.2 Å². The van der Waals surface area contributed by atoms with E-state index in [1.165, 1.54) is 6.07 Å². The van der Waals surface area contributed by atoms with E-state index < -0.39 is 17.8 Å². The van der Waals surface area contributed by atoms with Gasteiger partial charge in [0.2, 0.25) is 0 Å². The number of hydrogen-bond donors (Lipinski definition) is 1. The Morgan fingerprint density at radius 2 is 1.74 bits per heavy atom. The minimum absolute atomic E-state index is 0.145. The number of fused-ring (bicyclic) bond motifs is 1. The molecule has 1 aliphatic rings. The number of aliphatic hydroxyl groups excluding tert-OH is 1. The Morgan fingerprint density at radius 3 is 2.39 bits per heavy atom. The SMILES string of the molecule is Cc1ccc(C(F)(F)F)c(N(C)C2CC(O)c3ccccc32)c1. The second-order valence-corrected chi connectivity index (χ2v) is 6.03. The average molecular weight is 321 g/mol. The zero-order chi connectivity index (χ0) is 16.8. The Kier molecular flexibility index (Phi) is 3.84. The maximum absolute atomic E-state index is 13.3. The number of benzene rings is 2. The van der Waals surface area contributed by atoms with Gasteiger partial charge in [0.05, 0.1) is 17.7 Å². The molecule has 2 atom stereocenters. The third kappa shape index (κ3) is 2.81. The maximum atomic E-state index is 13.3. The third-order valence-corrected chi connectivity index (χ3v) is 4.47. The lowest BCUT2D eigenvalue weighted by atomic mass is 10.0. The first-order valence-corrected chi connectivity index (χ1v) is 7.46. The van der Waals surface area contributed by atoms with Crippen molar-refractivity contribution in [2.45, 2.75) is 31.7 Å². The number of alkyl halides is 3. The molecule has 2 aromatic rings. The van der Waals surface area contributed by atoms with Gasteiger partial charge >= 0.3 is 6.18 Å². The summed E-state index contributed by atoms with van der Waals surface area (Å²) in [5, 5.41) is 10.2. The highest BCUT2D eigenvalue weighted by molar-refractivity contribution is 5.59. The molecule has 0 saturated heterocycles.